The lowest BCUT2D eigenvalue weighted by atomic mass is 10.2. The Labute approximate surface area is 241 Å². The molecular formula is C33H46O6Si. The molecule has 0 fully saturated rings. The lowest BCUT2D eigenvalue weighted by Crippen LogP contribution is -2.46. The Morgan fingerprint density at radius 2 is 1.15 bits per heavy atom. The molecule has 0 heterocycles. The summed E-state index contributed by atoms with van der Waals surface area (Å²) in [6, 6.07) is 26.2. The Morgan fingerprint density at radius 1 is 0.625 bits per heavy atom. The van der Waals surface area contributed by atoms with Gasteiger partial charge in [0.15, 0.2) is 19.8 Å². The molecule has 0 saturated heterocycles. The van der Waals surface area contributed by atoms with Gasteiger partial charge in [0, 0.05) is 0 Å². The van der Waals surface area contributed by atoms with Crippen LogP contribution in [0, 0.1) is 0 Å². The SMILES string of the molecule is COc1ccc(COC[C@H](OCc2ccccc2)[C@H](CO[Si](C)(C)C(C)(C)C)OCc2ccccc2)cc1OC. The maximum absolute atomic E-state index is 6.65. The first-order valence-electron chi connectivity index (χ1n) is 13.9. The van der Waals surface area contributed by atoms with Gasteiger partial charge in [-0.05, 0) is 47.0 Å². The molecule has 0 aromatic heterocycles. The van der Waals surface area contributed by atoms with E-state index in [9.17, 15) is 0 Å². The highest BCUT2D eigenvalue weighted by atomic mass is 28.4. The van der Waals surface area contributed by atoms with Gasteiger partial charge in [-0.2, -0.15) is 0 Å². The summed E-state index contributed by atoms with van der Waals surface area (Å²) < 4.78 is 36.7. The zero-order valence-corrected chi connectivity index (χ0v) is 26.1. The standard InChI is InChI=1S/C33H46O6Si/c1-33(2,3)40(6,7)39-25-32(38-23-27-16-12-9-13-17-27)31(37-22-26-14-10-8-11-15-26)24-36-21-28-18-19-29(34-4)30(20-28)35-5/h8-20,31-32H,21-25H2,1-7H3/t31-,32-/m0/s1. The summed E-state index contributed by atoms with van der Waals surface area (Å²) in [4.78, 5) is 0. The molecule has 0 aliphatic heterocycles. The molecule has 0 unspecified atom stereocenters. The summed E-state index contributed by atoms with van der Waals surface area (Å²) in [7, 11) is 1.25. The number of hydrogen-bond acceptors (Lipinski definition) is 6. The van der Waals surface area contributed by atoms with E-state index in [1.807, 2.05) is 54.6 Å². The van der Waals surface area contributed by atoms with Gasteiger partial charge in [0.25, 0.3) is 0 Å². The van der Waals surface area contributed by atoms with Gasteiger partial charge >= 0.3 is 0 Å². The van der Waals surface area contributed by atoms with Crippen LogP contribution in [0.5, 0.6) is 11.5 Å². The van der Waals surface area contributed by atoms with E-state index in [1.165, 1.54) is 0 Å². The maximum Gasteiger partial charge on any atom is 0.192 e. The molecule has 3 rings (SSSR count). The second-order valence-electron chi connectivity index (χ2n) is 11.4. The average Bonchev–Trinajstić information content (AvgIpc) is 2.95. The highest BCUT2D eigenvalue weighted by molar-refractivity contribution is 6.74. The summed E-state index contributed by atoms with van der Waals surface area (Å²) in [6.07, 6.45) is -0.655. The third kappa shape index (κ3) is 9.75. The van der Waals surface area contributed by atoms with Crippen LogP contribution in [-0.4, -0.2) is 48.0 Å². The highest BCUT2D eigenvalue weighted by Crippen LogP contribution is 2.37. The zero-order chi connectivity index (χ0) is 29.0. The van der Waals surface area contributed by atoms with Crippen LogP contribution in [0.4, 0.5) is 0 Å². The second kappa shape index (κ2) is 15.4. The molecule has 0 bridgehead atoms. The van der Waals surface area contributed by atoms with Crippen molar-refractivity contribution >= 4 is 8.32 Å². The van der Waals surface area contributed by atoms with Crippen LogP contribution < -0.4 is 9.47 Å². The molecule has 0 radical (unpaired) electrons. The van der Waals surface area contributed by atoms with E-state index in [2.05, 4.69) is 58.1 Å². The molecule has 0 amide bonds. The van der Waals surface area contributed by atoms with Crippen molar-refractivity contribution in [3.05, 3.63) is 95.6 Å². The number of benzene rings is 3. The fraction of sp³-hybridized carbons (Fsp3) is 0.455. The molecule has 2 atom stereocenters. The Bertz CT molecular complexity index is 1130. The molecule has 6 nitrogen and oxygen atoms in total. The van der Waals surface area contributed by atoms with E-state index in [0.717, 1.165) is 16.7 Å². The summed E-state index contributed by atoms with van der Waals surface area (Å²) in [5.74, 6) is 1.36. The fourth-order valence-electron chi connectivity index (χ4n) is 3.85. The largest absolute Gasteiger partial charge is 0.493 e. The molecule has 0 aliphatic carbocycles. The topological polar surface area (TPSA) is 55.4 Å². The van der Waals surface area contributed by atoms with Gasteiger partial charge in [-0.15, -0.1) is 0 Å². The van der Waals surface area contributed by atoms with Crippen molar-refractivity contribution in [3.63, 3.8) is 0 Å². The van der Waals surface area contributed by atoms with Gasteiger partial charge in [0.05, 0.1) is 47.3 Å². The van der Waals surface area contributed by atoms with Crippen molar-refractivity contribution in [1.29, 1.82) is 0 Å². The van der Waals surface area contributed by atoms with Crippen LogP contribution in [0.1, 0.15) is 37.5 Å². The van der Waals surface area contributed by atoms with Crippen molar-refractivity contribution in [2.75, 3.05) is 27.4 Å². The lowest BCUT2D eigenvalue weighted by Gasteiger charge is -2.38. The molecule has 0 aliphatic rings. The third-order valence-electron chi connectivity index (χ3n) is 7.44. The normalized spacial score (nSPS) is 13.6. The molecule has 0 N–H and O–H groups in total. The van der Waals surface area contributed by atoms with Crippen LogP contribution in [0.15, 0.2) is 78.9 Å². The van der Waals surface area contributed by atoms with Crippen LogP contribution >= 0.6 is 0 Å². The van der Waals surface area contributed by atoms with Crippen molar-refractivity contribution in [1.82, 2.24) is 0 Å². The number of methoxy groups -OCH3 is 2. The van der Waals surface area contributed by atoms with Crippen LogP contribution in [0.25, 0.3) is 0 Å². The second-order valence-corrected chi connectivity index (χ2v) is 16.3. The minimum atomic E-state index is -2.01. The summed E-state index contributed by atoms with van der Waals surface area (Å²) in [6.45, 7) is 13.4. The summed E-state index contributed by atoms with van der Waals surface area (Å²) in [5, 5.41) is 0.0846. The van der Waals surface area contributed by atoms with E-state index < -0.39 is 8.32 Å². The predicted molar refractivity (Wildman–Crippen MR) is 162 cm³/mol. The average molecular weight is 567 g/mol. The quantitative estimate of drug-likeness (QED) is 0.168. The first-order chi connectivity index (χ1) is 19.1. The van der Waals surface area contributed by atoms with E-state index >= 15 is 0 Å². The number of rotatable bonds is 16. The Kier molecular flexibility index (Phi) is 12.2. The lowest BCUT2D eigenvalue weighted by molar-refractivity contribution is -0.128. The third-order valence-corrected chi connectivity index (χ3v) is 11.9. The first kappa shape index (κ1) is 31.8. The molecule has 0 saturated carbocycles. The van der Waals surface area contributed by atoms with Crippen molar-refractivity contribution in [2.45, 2.75) is 70.9 Å². The van der Waals surface area contributed by atoms with E-state index in [0.29, 0.717) is 44.5 Å². The number of hydrogen-bond donors (Lipinski definition) is 0. The maximum atomic E-state index is 6.65. The van der Waals surface area contributed by atoms with Gasteiger partial charge in [-0.1, -0.05) is 87.5 Å². The van der Waals surface area contributed by atoms with Gasteiger partial charge in [-0.25, -0.2) is 0 Å². The molecule has 3 aromatic carbocycles. The van der Waals surface area contributed by atoms with Gasteiger partial charge in [0.2, 0.25) is 0 Å². The monoisotopic (exact) mass is 566 g/mol. The summed E-state index contributed by atoms with van der Waals surface area (Å²) >= 11 is 0. The molecule has 7 heteroatoms. The smallest absolute Gasteiger partial charge is 0.192 e. The Morgan fingerprint density at radius 3 is 1.65 bits per heavy atom. The molecule has 218 valence electrons. The Balaban J connectivity index is 1.77. The van der Waals surface area contributed by atoms with Gasteiger partial charge < -0.3 is 28.1 Å². The minimum absolute atomic E-state index is 0.0846. The van der Waals surface area contributed by atoms with Crippen molar-refractivity contribution < 1.29 is 28.1 Å². The van der Waals surface area contributed by atoms with Crippen LogP contribution in [0.2, 0.25) is 18.1 Å². The van der Waals surface area contributed by atoms with Crippen LogP contribution in [-0.2, 0) is 38.5 Å². The Hall–Kier alpha value is -2.68. The number of ether oxygens (including phenoxy) is 5. The molecule has 40 heavy (non-hydrogen) atoms. The molecular weight excluding hydrogens is 520 g/mol. The van der Waals surface area contributed by atoms with E-state index in [-0.39, 0.29) is 17.2 Å². The summed E-state index contributed by atoms with van der Waals surface area (Å²) in [5.41, 5.74) is 3.19. The highest BCUT2D eigenvalue weighted by Gasteiger charge is 2.38. The molecule has 3 aromatic rings. The first-order valence-corrected chi connectivity index (χ1v) is 16.8. The molecule has 0 spiro atoms. The minimum Gasteiger partial charge on any atom is -0.493 e. The van der Waals surface area contributed by atoms with Crippen molar-refractivity contribution in [3.8, 4) is 11.5 Å². The van der Waals surface area contributed by atoms with Crippen molar-refractivity contribution in [2.24, 2.45) is 0 Å². The van der Waals surface area contributed by atoms with Gasteiger partial charge in [-0.3, -0.25) is 0 Å². The van der Waals surface area contributed by atoms with Gasteiger partial charge in [0.1, 0.15) is 12.2 Å². The fourth-order valence-corrected chi connectivity index (χ4v) is 4.86. The predicted octanol–water partition coefficient (Wildman–Crippen LogP) is 7.41. The van der Waals surface area contributed by atoms with E-state index in [4.69, 9.17) is 28.1 Å². The van der Waals surface area contributed by atoms with E-state index in [1.54, 1.807) is 14.2 Å². The zero-order valence-electron chi connectivity index (χ0n) is 25.1. The van der Waals surface area contributed by atoms with Crippen LogP contribution in [0.3, 0.4) is 0 Å².